The maximum atomic E-state index is 5.89. The van der Waals surface area contributed by atoms with Crippen LogP contribution in [0, 0.1) is 13.8 Å². The summed E-state index contributed by atoms with van der Waals surface area (Å²) in [7, 11) is 0. The molecule has 0 N–H and O–H groups in total. The van der Waals surface area contributed by atoms with Gasteiger partial charge in [0, 0.05) is 10.6 Å². The number of hydrogen-bond donors (Lipinski definition) is 0. The van der Waals surface area contributed by atoms with E-state index in [0.29, 0.717) is 33.6 Å². The maximum Gasteiger partial charge on any atom is 0.277 e. The molecular formula is C20H17ClN4O3S. The van der Waals surface area contributed by atoms with Crippen LogP contribution in [0.3, 0.4) is 0 Å². The average molecular weight is 429 g/mol. The molecule has 0 saturated heterocycles. The number of nitrogens with zero attached hydrogens (tertiary/aromatic N) is 4. The number of aryl methyl sites for hydroxylation is 2. The molecule has 0 amide bonds. The quantitative estimate of drug-likeness (QED) is 0.368. The highest BCUT2D eigenvalue weighted by atomic mass is 35.5. The zero-order chi connectivity index (χ0) is 20.2. The van der Waals surface area contributed by atoms with Crippen LogP contribution in [0.4, 0.5) is 0 Å². The van der Waals surface area contributed by atoms with Crippen molar-refractivity contribution in [1.82, 2.24) is 20.3 Å². The Hall–Kier alpha value is -2.84. The Morgan fingerprint density at radius 2 is 1.90 bits per heavy atom. The minimum Gasteiger partial charge on any atom is -0.484 e. The summed E-state index contributed by atoms with van der Waals surface area (Å²) in [5, 5.41) is 13.1. The predicted octanol–water partition coefficient (Wildman–Crippen LogP) is 5.26. The topological polar surface area (TPSA) is 87.1 Å². The molecule has 0 spiro atoms. The molecule has 2 aromatic carbocycles. The normalized spacial score (nSPS) is 11.0. The van der Waals surface area contributed by atoms with Crippen LogP contribution in [-0.4, -0.2) is 20.3 Å². The number of rotatable bonds is 7. The Morgan fingerprint density at radius 1 is 1.07 bits per heavy atom. The molecule has 0 aliphatic rings. The first-order valence-corrected chi connectivity index (χ1v) is 10.2. The van der Waals surface area contributed by atoms with Crippen LogP contribution >= 0.6 is 23.4 Å². The van der Waals surface area contributed by atoms with Gasteiger partial charge in [-0.3, -0.25) is 0 Å². The molecule has 0 radical (unpaired) electrons. The van der Waals surface area contributed by atoms with E-state index in [1.807, 2.05) is 44.2 Å². The molecule has 29 heavy (non-hydrogen) atoms. The molecular weight excluding hydrogens is 412 g/mol. The summed E-state index contributed by atoms with van der Waals surface area (Å²) in [5.41, 5.74) is 2.99. The summed E-state index contributed by atoms with van der Waals surface area (Å²) in [6, 6.07) is 13.2. The molecule has 0 aliphatic carbocycles. The van der Waals surface area contributed by atoms with E-state index in [4.69, 9.17) is 25.3 Å². The lowest BCUT2D eigenvalue weighted by Gasteiger charge is -2.07. The first-order chi connectivity index (χ1) is 14.1. The van der Waals surface area contributed by atoms with Crippen LogP contribution in [-0.2, 0) is 12.4 Å². The van der Waals surface area contributed by atoms with Crippen molar-refractivity contribution in [3.05, 3.63) is 70.3 Å². The molecule has 0 fully saturated rings. The lowest BCUT2D eigenvalue weighted by atomic mass is 10.1. The summed E-state index contributed by atoms with van der Waals surface area (Å²) >= 11 is 7.22. The lowest BCUT2D eigenvalue weighted by Crippen LogP contribution is -1.97. The predicted molar refractivity (Wildman–Crippen MR) is 109 cm³/mol. The van der Waals surface area contributed by atoms with Crippen LogP contribution in [0.25, 0.3) is 11.5 Å². The minimum atomic E-state index is 0.209. The Kier molecular flexibility index (Phi) is 5.82. The van der Waals surface area contributed by atoms with Crippen molar-refractivity contribution < 1.29 is 13.7 Å². The van der Waals surface area contributed by atoms with Crippen molar-refractivity contribution in [1.29, 1.82) is 0 Å². The van der Waals surface area contributed by atoms with Gasteiger partial charge in [-0.05, 0) is 55.3 Å². The molecule has 2 aromatic heterocycles. The third kappa shape index (κ3) is 4.96. The molecule has 2 heterocycles. The van der Waals surface area contributed by atoms with E-state index in [1.54, 1.807) is 12.1 Å². The highest BCUT2D eigenvalue weighted by Crippen LogP contribution is 2.25. The van der Waals surface area contributed by atoms with Crippen molar-refractivity contribution in [2.24, 2.45) is 0 Å². The summed E-state index contributed by atoms with van der Waals surface area (Å²) in [6.45, 7) is 4.22. The highest BCUT2D eigenvalue weighted by Gasteiger charge is 2.13. The summed E-state index contributed by atoms with van der Waals surface area (Å²) < 4.78 is 16.7. The molecule has 0 bridgehead atoms. The molecule has 7 nitrogen and oxygen atoms in total. The van der Waals surface area contributed by atoms with Gasteiger partial charge in [0.15, 0.2) is 12.4 Å². The first kappa shape index (κ1) is 19.5. The van der Waals surface area contributed by atoms with Gasteiger partial charge in [-0.15, -0.1) is 10.2 Å². The van der Waals surface area contributed by atoms with Crippen molar-refractivity contribution in [2.75, 3.05) is 0 Å². The fourth-order valence-electron chi connectivity index (χ4n) is 2.51. The van der Waals surface area contributed by atoms with Gasteiger partial charge in [-0.25, -0.2) is 0 Å². The third-order valence-corrected chi connectivity index (χ3v) is 5.09. The zero-order valence-electron chi connectivity index (χ0n) is 15.8. The number of benzene rings is 2. The summed E-state index contributed by atoms with van der Waals surface area (Å²) in [5.74, 6) is 2.62. The average Bonchev–Trinajstić information content (AvgIpc) is 3.37. The SMILES string of the molecule is Cc1ccc(C)c(OCc2nnc(SCc3noc(-c4ccc(Cl)cc4)n3)o2)c1. The van der Waals surface area contributed by atoms with E-state index in [-0.39, 0.29) is 6.61 Å². The number of aromatic nitrogens is 4. The number of hydrogen-bond acceptors (Lipinski definition) is 8. The Balaban J connectivity index is 1.33. The van der Waals surface area contributed by atoms with Gasteiger partial charge in [-0.1, -0.05) is 40.7 Å². The highest BCUT2D eigenvalue weighted by molar-refractivity contribution is 7.98. The molecule has 4 aromatic rings. The van der Waals surface area contributed by atoms with Gasteiger partial charge in [0.05, 0.1) is 5.75 Å². The fraction of sp³-hybridized carbons (Fsp3) is 0.200. The monoisotopic (exact) mass is 428 g/mol. The molecule has 0 saturated carbocycles. The molecule has 9 heteroatoms. The van der Waals surface area contributed by atoms with E-state index in [1.165, 1.54) is 11.8 Å². The van der Waals surface area contributed by atoms with Gasteiger partial charge in [0.25, 0.3) is 17.0 Å². The van der Waals surface area contributed by atoms with Crippen LogP contribution in [0.2, 0.25) is 5.02 Å². The Bertz CT molecular complexity index is 1110. The van der Waals surface area contributed by atoms with Crippen molar-refractivity contribution in [3.8, 4) is 17.2 Å². The van der Waals surface area contributed by atoms with Crippen LogP contribution in [0.15, 0.2) is 56.6 Å². The standard InChI is InChI=1S/C20H17ClN4O3S/c1-12-3-4-13(2)16(9-12)26-10-18-23-24-20(27-18)29-11-17-22-19(28-25-17)14-5-7-15(21)8-6-14/h3-9H,10-11H2,1-2H3. The second kappa shape index (κ2) is 8.67. The van der Waals surface area contributed by atoms with Gasteiger partial charge in [0.2, 0.25) is 0 Å². The first-order valence-electron chi connectivity index (χ1n) is 8.80. The second-order valence-electron chi connectivity index (χ2n) is 6.33. The van der Waals surface area contributed by atoms with Crippen LogP contribution in [0.1, 0.15) is 22.8 Å². The van der Waals surface area contributed by atoms with Gasteiger partial charge in [0.1, 0.15) is 5.75 Å². The minimum absolute atomic E-state index is 0.209. The van der Waals surface area contributed by atoms with E-state index >= 15 is 0 Å². The van der Waals surface area contributed by atoms with Crippen molar-refractivity contribution >= 4 is 23.4 Å². The number of thioether (sulfide) groups is 1. The lowest BCUT2D eigenvalue weighted by molar-refractivity contribution is 0.250. The zero-order valence-corrected chi connectivity index (χ0v) is 17.3. The smallest absolute Gasteiger partial charge is 0.277 e. The van der Waals surface area contributed by atoms with Crippen LogP contribution in [0.5, 0.6) is 5.75 Å². The number of halogens is 1. The van der Waals surface area contributed by atoms with Gasteiger partial charge >= 0.3 is 0 Å². The fourth-order valence-corrected chi connectivity index (χ4v) is 3.26. The van der Waals surface area contributed by atoms with Gasteiger partial charge < -0.3 is 13.7 Å². The molecule has 148 valence electrons. The third-order valence-electron chi connectivity index (χ3n) is 4.03. The largest absolute Gasteiger partial charge is 0.484 e. The maximum absolute atomic E-state index is 5.89. The molecule has 4 rings (SSSR count). The Morgan fingerprint density at radius 3 is 2.72 bits per heavy atom. The van der Waals surface area contributed by atoms with Crippen LogP contribution < -0.4 is 4.74 Å². The summed E-state index contributed by atoms with van der Waals surface area (Å²) in [6.07, 6.45) is 0. The van der Waals surface area contributed by atoms with Gasteiger partial charge in [-0.2, -0.15) is 4.98 Å². The summed E-state index contributed by atoms with van der Waals surface area (Å²) in [4.78, 5) is 4.37. The molecule has 0 unspecified atom stereocenters. The van der Waals surface area contributed by atoms with E-state index in [9.17, 15) is 0 Å². The molecule has 0 atom stereocenters. The second-order valence-corrected chi connectivity index (χ2v) is 7.69. The van der Waals surface area contributed by atoms with E-state index < -0.39 is 0 Å². The molecule has 0 aliphatic heterocycles. The van der Waals surface area contributed by atoms with E-state index in [0.717, 1.165) is 22.4 Å². The van der Waals surface area contributed by atoms with E-state index in [2.05, 4.69) is 20.3 Å². The van der Waals surface area contributed by atoms with Crippen molar-refractivity contribution in [2.45, 2.75) is 31.4 Å². The number of ether oxygens (including phenoxy) is 1. The Labute approximate surface area is 176 Å². The van der Waals surface area contributed by atoms with Crippen molar-refractivity contribution in [3.63, 3.8) is 0 Å².